The number of benzene rings is 3. The third-order valence-corrected chi connectivity index (χ3v) is 7.47. The average molecular weight is 594 g/mol. The molecule has 5 rings (SSSR count). The first-order valence-electron chi connectivity index (χ1n) is 11.2. The summed E-state index contributed by atoms with van der Waals surface area (Å²) in [6, 6.07) is 24.6. The zero-order valence-corrected chi connectivity index (χ0v) is 22.3. The highest BCUT2D eigenvalue weighted by Gasteiger charge is 2.50. The molecule has 0 aromatic heterocycles. The lowest BCUT2D eigenvalue weighted by Gasteiger charge is -2.28. The van der Waals surface area contributed by atoms with Crippen molar-refractivity contribution >= 4 is 66.5 Å². The number of nitrogens with zero attached hydrogens (tertiary/aromatic N) is 4. The summed E-state index contributed by atoms with van der Waals surface area (Å²) in [4.78, 5) is 27.6. The molecule has 2 amide bonds. The van der Waals surface area contributed by atoms with E-state index in [1.807, 2.05) is 92.7 Å². The summed E-state index contributed by atoms with van der Waals surface area (Å²) < 4.78 is 1.84. The Morgan fingerprint density at radius 1 is 0.657 bits per heavy atom. The maximum atomic E-state index is 13.8. The molecule has 0 fully saturated rings. The number of rotatable bonds is 5. The Morgan fingerprint density at radius 2 is 1.06 bits per heavy atom. The van der Waals surface area contributed by atoms with Crippen molar-refractivity contribution in [3.05, 3.63) is 93.4 Å². The quantitative estimate of drug-likeness (QED) is 0.345. The summed E-state index contributed by atoms with van der Waals surface area (Å²) in [6.45, 7) is 3.71. The fraction of sp³-hybridized carbons (Fsp3) is 0.185. The number of anilines is 2. The summed E-state index contributed by atoms with van der Waals surface area (Å²) >= 11 is 6.87. The van der Waals surface area contributed by atoms with Crippen molar-refractivity contribution in [1.82, 2.24) is 0 Å². The van der Waals surface area contributed by atoms with Crippen LogP contribution >= 0.6 is 31.9 Å². The van der Waals surface area contributed by atoms with Crippen LogP contribution in [0.15, 0.2) is 98.0 Å². The first-order valence-corrected chi connectivity index (χ1v) is 12.8. The predicted octanol–water partition coefficient (Wildman–Crippen LogP) is 6.37. The van der Waals surface area contributed by atoms with E-state index >= 15 is 0 Å². The van der Waals surface area contributed by atoms with Gasteiger partial charge in [-0.3, -0.25) is 9.59 Å². The highest BCUT2D eigenvalue weighted by atomic mass is 79.9. The van der Waals surface area contributed by atoms with Gasteiger partial charge in [-0.05, 0) is 67.9 Å². The topological polar surface area (TPSA) is 65.3 Å². The lowest BCUT2D eigenvalue weighted by atomic mass is 9.73. The molecule has 8 heteroatoms. The molecule has 6 nitrogen and oxygen atoms in total. The molecule has 35 heavy (non-hydrogen) atoms. The Bertz CT molecular complexity index is 1250. The number of amides is 2. The first-order chi connectivity index (χ1) is 16.8. The van der Waals surface area contributed by atoms with E-state index < -0.39 is 17.8 Å². The first kappa shape index (κ1) is 23.6. The molecule has 0 aliphatic carbocycles. The number of halogens is 2. The van der Waals surface area contributed by atoms with Gasteiger partial charge in [0.1, 0.15) is 0 Å². The van der Waals surface area contributed by atoms with Crippen molar-refractivity contribution in [3.63, 3.8) is 0 Å². The van der Waals surface area contributed by atoms with Crippen molar-refractivity contribution in [2.45, 2.75) is 19.8 Å². The minimum Gasteiger partial charge on any atom is -0.272 e. The second-order valence-electron chi connectivity index (χ2n) is 8.63. The van der Waals surface area contributed by atoms with Crippen LogP contribution in [0, 0.1) is 11.8 Å². The summed E-state index contributed by atoms with van der Waals surface area (Å²) in [5.74, 6) is -1.93. The number of hydrazone groups is 2. The highest BCUT2D eigenvalue weighted by molar-refractivity contribution is 9.10. The van der Waals surface area contributed by atoms with Crippen LogP contribution in [-0.4, -0.2) is 23.2 Å². The van der Waals surface area contributed by atoms with Gasteiger partial charge in [-0.25, -0.2) is 10.0 Å². The summed E-state index contributed by atoms with van der Waals surface area (Å²) in [7, 11) is 0. The van der Waals surface area contributed by atoms with Gasteiger partial charge in [0.05, 0.1) is 23.2 Å². The molecular weight excluding hydrogens is 572 g/mol. The molecular formula is C27H22Br2N4O2. The normalized spacial score (nSPS) is 20.8. The Morgan fingerprint density at radius 3 is 1.46 bits per heavy atom. The van der Waals surface area contributed by atoms with Gasteiger partial charge in [0.15, 0.2) is 0 Å². The number of hydrogen-bond acceptors (Lipinski definition) is 4. The molecule has 2 heterocycles. The molecule has 0 bridgehead atoms. The van der Waals surface area contributed by atoms with Crippen molar-refractivity contribution in [2.75, 3.05) is 10.0 Å². The second kappa shape index (κ2) is 9.51. The van der Waals surface area contributed by atoms with Gasteiger partial charge in [-0.15, -0.1) is 0 Å². The van der Waals surface area contributed by atoms with Gasteiger partial charge < -0.3 is 0 Å². The van der Waals surface area contributed by atoms with Gasteiger partial charge in [0.25, 0.3) is 11.8 Å². The minimum atomic E-state index is -0.593. The van der Waals surface area contributed by atoms with E-state index in [0.717, 1.165) is 14.5 Å². The van der Waals surface area contributed by atoms with Crippen LogP contribution in [0.1, 0.15) is 25.3 Å². The summed E-state index contributed by atoms with van der Waals surface area (Å²) in [6.07, 6.45) is 0. The number of carbonyl (C=O) groups excluding carboxylic acids is 2. The molecule has 2 aliphatic rings. The maximum absolute atomic E-state index is 13.8. The lowest BCUT2D eigenvalue weighted by molar-refractivity contribution is -0.122. The molecule has 0 saturated heterocycles. The molecule has 0 radical (unpaired) electrons. The molecule has 176 valence electrons. The maximum Gasteiger partial charge on any atom is 0.256 e. The summed E-state index contributed by atoms with van der Waals surface area (Å²) in [5.41, 5.74) is 3.63. The van der Waals surface area contributed by atoms with E-state index in [1.54, 1.807) is 0 Å². The van der Waals surface area contributed by atoms with Crippen LogP contribution in [0.2, 0.25) is 0 Å². The standard InChI is InChI=1S/C27H22Br2N4O2/c1-16-23(26(34)32(30-16)21-12-8-19(28)9-13-21)25(18-6-4-3-5-7-18)24-17(2)31-33(27(24)35)22-14-10-20(29)11-15-22/h3-15,23-25H,1-2H3. The fourth-order valence-corrected chi connectivity index (χ4v) is 5.30. The largest absolute Gasteiger partial charge is 0.272 e. The Hall–Kier alpha value is -3.10. The van der Waals surface area contributed by atoms with Gasteiger partial charge in [0, 0.05) is 26.3 Å². The van der Waals surface area contributed by atoms with E-state index in [-0.39, 0.29) is 11.8 Å². The smallest absolute Gasteiger partial charge is 0.256 e. The van der Waals surface area contributed by atoms with E-state index in [1.165, 1.54) is 10.0 Å². The molecule has 2 aliphatic heterocycles. The summed E-state index contributed by atoms with van der Waals surface area (Å²) in [5, 5.41) is 12.1. The van der Waals surface area contributed by atoms with Crippen molar-refractivity contribution < 1.29 is 9.59 Å². The lowest BCUT2D eigenvalue weighted by Crippen LogP contribution is -2.40. The van der Waals surface area contributed by atoms with Gasteiger partial charge in [-0.1, -0.05) is 62.2 Å². The van der Waals surface area contributed by atoms with E-state index in [9.17, 15) is 9.59 Å². The molecule has 0 saturated carbocycles. The number of hydrogen-bond donors (Lipinski definition) is 0. The van der Waals surface area contributed by atoms with Crippen molar-refractivity contribution in [3.8, 4) is 0 Å². The van der Waals surface area contributed by atoms with E-state index in [2.05, 4.69) is 42.1 Å². The Balaban J connectivity index is 1.54. The van der Waals surface area contributed by atoms with Crippen LogP contribution < -0.4 is 10.0 Å². The third-order valence-electron chi connectivity index (χ3n) is 6.41. The van der Waals surface area contributed by atoms with Crippen molar-refractivity contribution in [2.24, 2.45) is 22.0 Å². The molecule has 0 spiro atoms. The average Bonchev–Trinajstić information content (AvgIpc) is 3.31. The molecule has 3 aromatic carbocycles. The molecule has 3 aromatic rings. The SMILES string of the molecule is CC1=NN(c2ccc(Br)cc2)C(=O)C1C(c1ccccc1)C1C(=O)N(c2ccc(Br)cc2)N=C1C. The predicted molar refractivity (Wildman–Crippen MR) is 146 cm³/mol. The molecule has 2 unspecified atom stereocenters. The van der Waals surface area contributed by atoms with Crippen LogP contribution in [0.25, 0.3) is 0 Å². The Labute approximate surface area is 220 Å². The van der Waals surface area contributed by atoms with Crippen LogP contribution in [0.4, 0.5) is 11.4 Å². The second-order valence-corrected chi connectivity index (χ2v) is 10.5. The van der Waals surface area contributed by atoms with Crippen LogP contribution in [0.3, 0.4) is 0 Å². The molecule has 0 N–H and O–H groups in total. The highest BCUT2D eigenvalue weighted by Crippen LogP contribution is 2.42. The Kier molecular flexibility index (Phi) is 6.42. The zero-order valence-electron chi connectivity index (χ0n) is 19.1. The van der Waals surface area contributed by atoms with Gasteiger partial charge in [0.2, 0.25) is 0 Å². The van der Waals surface area contributed by atoms with Crippen LogP contribution in [-0.2, 0) is 9.59 Å². The monoisotopic (exact) mass is 592 g/mol. The van der Waals surface area contributed by atoms with Gasteiger partial charge >= 0.3 is 0 Å². The zero-order chi connectivity index (χ0) is 24.7. The van der Waals surface area contributed by atoms with E-state index in [0.29, 0.717) is 22.8 Å². The van der Waals surface area contributed by atoms with E-state index in [4.69, 9.17) is 0 Å². The molecule has 2 atom stereocenters. The number of carbonyl (C=O) groups is 2. The third kappa shape index (κ3) is 4.36. The van der Waals surface area contributed by atoms with Crippen LogP contribution in [0.5, 0.6) is 0 Å². The minimum absolute atomic E-state index is 0.152. The van der Waals surface area contributed by atoms with Crippen molar-refractivity contribution in [1.29, 1.82) is 0 Å². The fourth-order valence-electron chi connectivity index (χ4n) is 4.77. The van der Waals surface area contributed by atoms with Gasteiger partial charge in [-0.2, -0.15) is 10.2 Å².